The zero-order valence-corrected chi connectivity index (χ0v) is 50.4. The summed E-state index contributed by atoms with van der Waals surface area (Å²) in [6.45, 7) is 25.8. The van der Waals surface area contributed by atoms with Crippen molar-refractivity contribution in [3.63, 3.8) is 0 Å². The summed E-state index contributed by atoms with van der Waals surface area (Å²) in [6, 6.07) is 9.83. The van der Waals surface area contributed by atoms with E-state index in [4.69, 9.17) is 18.9 Å². The lowest BCUT2D eigenvalue weighted by molar-refractivity contribution is -0.138. The van der Waals surface area contributed by atoms with E-state index in [9.17, 15) is 26.4 Å². The van der Waals surface area contributed by atoms with Gasteiger partial charge in [0.1, 0.15) is 24.7 Å². The highest BCUT2D eigenvalue weighted by Crippen LogP contribution is 2.31. The molecule has 0 unspecified atom stereocenters. The summed E-state index contributed by atoms with van der Waals surface area (Å²) in [4.78, 5) is 40.2. The fourth-order valence-corrected chi connectivity index (χ4v) is 14.7. The number of ether oxygens (including phenoxy) is 4. The van der Waals surface area contributed by atoms with E-state index < -0.39 is 20.0 Å². The normalized spacial score (nSPS) is 21.7. The molecule has 76 heavy (non-hydrogen) atoms. The van der Waals surface area contributed by atoms with E-state index >= 15 is 0 Å². The zero-order chi connectivity index (χ0) is 56.1. The Hall–Kier alpha value is -3.44. The highest BCUT2D eigenvalue weighted by atomic mass is 32.2. The third-order valence-corrected chi connectivity index (χ3v) is 21.0. The Bertz CT molecular complexity index is 2180. The van der Waals surface area contributed by atoms with Gasteiger partial charge in [-0.15, -0.1) is 0 Å². The number of rotatable bonds is 22. The second-order valence-corrected chi connectivity index (χ2v) is 26.2. The number of carbonyl (C=O) groups is 2. The van der Waals surface area contributed by atoms with Gasteiger partial charge in [-0.3, -0.25) is 29.2 Å². The molecule has 2 aromatic rings. The maximum Gasteiger partial charge on any atom is 0.248 e. The first kappa shape index (κ1) is 63.4. The number of sulfonamides is 2. The second kappa shape index (κ2) is 29.1. The van der Waals surface area contributed by atoms with Crippen LogP contribution in [-0.2, 0) is 39.1 Å². The van der Waals surface area contributed by atoms with Gasteiger partial charge in [-0.05, 0) is 153 Å². The highest BCUT2D eigenvalue weighted by molar-refractivity contribution is 7.89. The molecule has 2 amide bonds. The summed E-state index contributed by atoms with van der Waals surface area (Å²) in [7, 11) is 2.56. The van der Waals surface area contributed by atoms with Crippen LogP contribution in [0.15, 0.2) is 34.1 Å². The number of benzene rings is 2. The van der Waals surface area contributed by atoms with Gasteiger partial charge < -0.3 is 28.7 Å². The number of carbonyl (C=O) groups excluding carboxylic acids is 2. The largest absolute Gasteiger partial charge is 0.497 e. The van der Waals surface area contributed by atoms with E-state index in [1.165, 1.54) is 22.7 Å². The van der Waals surface area contributed by atoms with E-state index in [2.05, 4.69) is 47.3 Å². The van der Waals surface area contributed by atoms with Crippen LogP contribution >= 0.6 is 0 Å². The van der Waals surface area contributed by atoms with Gasteiger partial charge in [0.15, 0.2) is 0 Å². The van der Waals surface area contributed by atoms with Crippen LogP contribution in [0, 0.1) is 27.7 Å². The molecule has 2 saturated carbocycles. The summed E-state index contributed by atoms with van der Waals surface area (Å²) >= 11 is 0. The fourth-order valence-electron chi connectivity index (χ4n) is 11.6. The van der Waals surface area contributed by atoms with Crippen LogP contribution in [0.5, 0.6) is 11.5 Å². The molecule has 0 aromatic heterocycles. The van der Waals surface area contributed by atoms with Crippen LogP contribution in [0.25, 0.3) is 0 Å². The Morgan fingerprint density at radius 1 is 0.513 bits per heavy atom. The average molecular weight is 1110 g/mol. The molecule has 0 radical (unpaired) electrons. The lowest BCUT2D eigenvalue weighted by Crippen LogP contribution is -2.53. The van der Waals surface area contributed by atoms with Gasteiger partial charge in [0, 0.05) is 130 Å². The van der Waals surface area contributed by atoms with Crippen LogP contribution in [-0.4, -0.2) is 237 Å². The zero-order valence-electron chi connectivity index (χ0n) is 48.8. The summed E-state index contributed by atoms with van der Waals surface area (Å²) in [5.41, 5.74) is 2.55. The Kier molecular flexibility index (Phi) is 24.3. The predicted molar refractivity (Wildman–Crippen MR) is 300 cm³/mol. The molecule has 4 fully saturated rings. The summed E-state index contributed by atoms with van der Waals surface area (Å²) in [5, 5.41) is 0. The number of methoxy groups -OCH3 is 2. The smallest absolute Gasteiger partial charge is 0.248 e. The Morgan fingerprint density at radius 2 is 0.803 bits per heavy atom. The Morgan fingerprint density at radius 3 is 1.07 bits per heavy atom. The van der Waals surface area contributed by atoms with E-state index in [-0.39, 0.29) is 73.2 Å². The Labute approximate surface area is 458 Å². The first-order chi connectivity index (χ1) is 35.9. The molecule has 18 nitrogen and oxygen atoms in total. The van der Waals surface area contributed by atoms with Crippen LogP contribution in [0.4, 0.5) is 0 Å². The van der Waals surface area contributed by atoms with Crippen molar-refractivity contribution in [3.8, 4) is 11.5 Å². The molecular weight excluding hydrogens is 1010 g/mol. The molecule has 0 N–H and O–H groups in total. The first-order valence-corrected chi connectivity index (χ1v) is 30.6. The maximum atomic E-state index is 13.2. The van der Waals surface area contributed by atoms with Gasteiger partial charge in [0.05, 0.1) is 37.2 Å². The predicted octanol–water partition coefficient (Wildman–Crippen LogP) is 5.49. The number of nitrogens with zero attached hydrogens (tertiary/aromatic N) is 8. The van der Waals surface area contributed by atoms with Crippen molar-refractivity contribution in [2.75, 3.05) is 134 Å². The molecule has 20 heteroatoms. The van der Waals surface area contributed by atoms with Crippen molar-refractivity contribution in [1.82, 2.24) is 38.0 Å². The van der Waals surface area contributed by atoms with Crippen molar-refractivity contribution in [2.24, 2.45) is 0 Å². The second-order valence-electron chi connectivity index (χ2n) is 22.2. The fraction of sp³-hybridized carbons (Fsp3) is 0.750. The van der Waals surface area contributed by atoms with Crippen LogP contribution in [0.1, 0.15) is 101 Å². The summed E-state index contributed by atoms with van der Waals surface area (Å²) in [5.74, 6) is 1.16. The molecule has 2 heterocycles. The Balaban J connectivity index is 0.000000281. The number of aryl methyl sites for hydroxylation is 4. The standard InChI is InChI=1S/2C28H48N4O5S/c2*1-21(2)31-12-14-32(15-13-31)25-10-8-24(9-11-25)30(6)27(33)20-37-17-16-29(5)38(34,35)28-22(3)18-26(36-7)19-23(28)4/h2*18-19,21,24-25H,8-17,20H2,1-7H3. The van der Waals surface area contributed by atoms with E-state index in [0.29, 0.717) is 57.9 Å². The van der Waals surface area contributed by atoms with Gasteiger partial charge in [0.25, 0.3) is 0 Å². The minimum Gasteiger partial charge on any atom is -0.497 e. The molecule has 0 spiro atoms. The molecule has 2 aromatic carbocycles. The van der Waals surface area contributed by atoms with E-state index in [1.807, 2.05) is 23.9 Å². The molecule has 2 aliphatic carbocycles. The van der Waals surface area contributed by atoms with E-state index in [0.717, 1.165) is 104 Å². The number of hydrogen-bond acceptors (Lipinski definition) is 14. The summed E-state index contributed by atoms with van der Waals surface area (Å²) < 4.78 is 76.9. The number of amides is 2. The van der Waals surface area contributed by atoms with Crippen molar-refractivity contribution in [2.45, 2.75) is 153 Å². The highest BCUT2D eigenvalue weighted by Gasteiger charge is 2.34. The molecule has 0 atom stereocenters. The third-order valence-electron chi connectivity index (χ3n) is 16.6. The number of hydrogen-bond donors (Lipinski definition) is 0. The lowest BCUT2D eigenvalue weighted by Gasteiger charge is -2.44. The third kappa shape index (κ3) is 16.8. The monoisotopic (exact) mass is 1100 g/mol. The average Bonchev–Trinajstić information content (AvgIpc) is 3.40. The van der Waals surface area contributed by atoms with Gasteiger partial charge in [-0.1, -0.05) is 0 Å². The minimum absolute atomic E-state index is 0.0396. The van der Waals surface area contributed by atoms with E-state index in [1.54, 1.807) is 66.2 Å². The van der Waals surface area contributed by atoms with Gasteiger partial charge in [-0.2, -0.15) is 8.61 Å². The summed E-state index contributed by atoms with van der Waals surface area (Å²) in [6.07, 6.45) is 8.54. The molecule has 4 aliphatic rings. The van der Waals surface area contributed by atoms with Gasteiger partial charge in [-0.25, -0.2) is 16.8 Å². The quantitative estimate of drug-likeness (QED) is 0.136. The minimum atomic E-state index is -3.69. The van der Waals surface area contributed by atoms with Crippen molar-refractivity contribution in [1.29, 1.82) is 0 Å². The SMILES string of the molecule is COc1cc(C)c(S(=O)(=O)N(C)CCOCC(=O)N(C)C2CCC(N3CCN(C(C)C)CC3)CC2)c(C)c1.COc1cc(C)c(S(=O)(=O)N(C)CCOCC(=O)N(C)C2CCC(N3CCN(C(C)C)CC3)CC2)c(C)c1. The number of piperazine rings is 2. The lowest BCUT2D eigenvalue weighted by atomic mass is 9.89. The topological polar surface area (TPSA) is 165 Å². The molecule has 0 bridgehead atoms. The van der Waals surface area contributed by atoms with Crippen molar-refractivity contribution < 1.29 is 45.4 Å². The van der Waals surface area contributed by atoms with Crippen molar-refractivity contribution in [3.05, 3.63) is 46.5 Å². The molecule has 2 saturated heterocycles. The number of likely N-dealkylation sites (N-methyl/N-ethyl adjacent to an activating group) is 4. The molecule has 6 rings (SSSR count). The molecule has 432 valence electrons. The van der Waals surface area contributed by atoms with Crippen LogP contribution in [0.2, 0.25) is 0 Å². The van der Waals surface area contributed by atoms with Crippen LogP contribution in [0.3, 0.4) is 0 Å². The molecule has 2 aliphatic heterocycles. The van der Waals surface area contributed by atoms with Gasteiger partial charge in [0.2, 0.25) is 31.9 Å². The van der Waals surface area contributed by atoms with Crippen LogP contribution < -0.4 is 9.47 Å². The first-order valence-electron chi connectivity index (χ1n) is 27.8. The maximum absolute atomic E-state index is 13.2. The van der Waals surface area contributed by atoms with Gasteiger partial charge >= 0.3 is 0 Å². The van der Waals surface area contributed by atoms with Crippen molar-refractivity contribution >= 4 is 31.9 Å². The molecular formula is C56H96N8O10S2.